The van der Waals surface area contributed by atoms with Crippen molar-refractivity contribution in [3.63, 3.8) is 0 Å². The first-order valence-electron chi connectivity index (χ1n) is 5.45. The first-order valence-corrected chi connectivity index (χ1v) is 6.43. The Morgan fingerprint density at radius 2 is 2.26 bits per heavy atom. The Kier molecular flexibility index (Phi) is 4.13. The van der Waals surface area contributed by atoms with Crippen LogP contribution in [0, 0.1) is 6.92 Å². The number of aliphatic carboxylic acids is 1. The molecule has 0 saturated carbocycles. The molecule has 0 atom stereocenters. The van der Waals surface area contributed by atoms with E-state index in [0.29, 0.717) is 11.0 Å². The van der Waals surface area contributed by atoms with E-state index in [2.05, 4.69) is 15.2 Å². The molecule has 8 heteroatoms. The first-order chi connectivity index (χ1) is 9.13. The van der Waals surface area contributed by atoms with Gasteiger partial charge in [0, 0.05) is 6.20 Å². The van der Waals surface area contributed by atoms with Crippen LogP contribution in [-0.2, 0) is 11.4 Å². The van der Waals surface area contributed by atoms with E-state index in [-0.39, 0.29) is 12.4 Å². The predicted octanol–water partition coefficient (Wildman–Crippen LogP) is 0.640. The van der Waals surface area contributed by atoms with Crippen molar-refractivity contribution in [1.29, 1.82) is 0 Å². The summed E-state index contributed by atoms with van der Waals surface area (Å²) in [6, 6.07) is 3.57. The van der Waals surface area contributed by atoms with Crippen molar-refractivity contribution in [2.24, 2.45) is 0 Å². The van der Waals surface area contributed by atoms with Crippen molar-refractivity contribution < 1.29 is 15.0 Å². The molecule has 0 aliphatic carbocycles. The average Bonchev–Trinajstić information content (AvgIpc) is 2.79. The summed E-state index contributed by atoms with van der Waals surface area (Å²) in [4.78, 5) is 14.8. The maximum absolute atomic E-state index is 10.6. The summed E-state index contributed by atoms with van der Waals surface area (Å²) in [5, 5.41) is 26.2. The fourth-order valence-corrected chi connectivity index (χ4v) is 2.26. The summed E-state index contributed by atoms with van der Waals surface area (Å²) < 4.78 is 1.62. The van der Waals surface area contributed by atoms with Gasteiger partial charge < -0.3 is 10.2 Å². The van der Waals surface area contributed by atoms with E-state index in [0.717, 1.165) is 23.1 Å². The van der Waals surface area contributed by atoms with Gasteiger partial charge in [-0.25, -0.2) is 0 Å². The zero-order valence-electron chi connectivity index (χ0n) is 10.1. The van der Waals surface area contributed by atoms with E-state index < -0.39 is 5.97 Å². The van der Waals surface area contributed by atoms with Gasteiger partial charge in [-0.15, -0.1) is 10.2 Å². The number of rotatable bonds is 5. The van der Waals surface area contributed by atoms with Gasteiger partial charge in [-0.2, -0.15) is 0 Å². The fourth-order valence-electron chi connectivity index (χ4n) is 1.58. The summed E-state index contributed by atoms with van der Waals surface area (Å²) in [6.07, 6.45) is 1.66. The highest BCUT2D eigenvalue weighted by Crippen LogP contribution is 2.23. The van der Waals surface area contributed by atoms with E-state index in [1.807, 2.05) is 13.0 Å². The molecule has 2 heterocycles. The molecule has 0 bridgehead atoms. The van der Waals surface area contributed by atoms with Gasteiger partial charge in [-0.3, -0.25) is 14.3 Å². The molecular formula is C11H12N4O3S. The number of aromatic nitrogens is 4. The molecule has 0 amide bonds. The average molecular weight is 280 g/mol. The number of hydrogen-bond donors (Lipinski definition) is 2. The lowest BCUT2D eigenvalue weighted by Gasteiger charge is -2.10. The van der Waals surface area contributed by atoms with E-state index >= 15 is 0 Å². The zero-order chi connectivity index (χ0) is 13.8. The molecule has 2 rings (SSSR count). The van der Waals surface area contributed by atoms with Crippen molar-refractivity contribution in [2.75, 3.05) is 5.75 Å². The van der Waals surface area contributed by atoms with Crippen LogP contribution in [0.2, 0.25) is 0 Å². The maximum atomic E-state index is 10.6. The molecule has 0 spiro atoms. The van der Waals surface area contributed by atoms with Crippen LogP contribution < -0.4 is 0 Å². The van der Waals surface area contributed by atoms with Gasteiger partial charge in [0.25, 0.3) is 0 Å². The van der Waals surface area contributed by atoms with E-state index in [4.69, 9.17) is 5.11 Å². The molecule has 0 aliphatic heterocycles. The lowest BCUT2D eigenvalue weighted by molar-refractivity contribution is -0.133. The van der Waals surface area contributed by atoms with Crippen molar-refractivity contribution in [3.05, 3.63) is 29.8 Å². The SMILES string of the molecule is Cc1ncccc1-n1c(CO)nnc1SCC(=O)O. The first kappa shape index (κ1) is 13.5. The third-order valence-corrected chi connectivity index (χ3v) is 3.30. The number of carboxylic acids is 1. The Labute approximate surface area is 113 Å². The molecule has 0 unspecified atom stereocenters. The van der Waals surface area contributed by atoms with Crippen LogP contribution in [-0.4, -0.2) is 41.7 Å². The van der Waals surface area contributed by atoms with Gasteiger partial charge in [-0.05, 0) is 19.1 Å². The number of hydrogen-bond acceptors (Lipinski definition) is 6. The summed E-state index contributed by atoms with van der Waals surface area (Å²) >= 11 is 1.05. The van der Waals surface area contributed by atoms with Crippen molar-refractivity contribution in [1.82, 2.24) is 19.7 Å². The highest BCUT2D eigenvalue weighted by atomic mass is 32.2. The third-order valence-electron chi connectivity index (χ3n) is 2.39. The van der Waals surface area contributed by atoms with Gasteiger partial charge in [0.15, 0.2) is 11.0 Å². The van der Waals surface area contributed by atoms with Crippen molar-refractivity contribution >= 4 is 17.7 Å². The summed E-state index contributed by atoms with van der Waals surface area (Å²) in [5.74, 6) is -0.708. The third kappa shape index (κ3) is 2.91. The fraction of sp³-hybridized carbons (Fsp3) is 0.273. The number of aliphatic hydroxyl groups excluding tert-OH is 1. The highest BCUT2D eigenvalue weighted by Gasteiger charge is 2.16. The quantitative estimate of drug-likeness (QED) is 0.775. The zero-order valence-corrected chi connectivity index (χ0v) is 11.0. The minimum atomic E-state index is -0.937. The van der Waals surface area contributed by atoms with Gasteiger partial charge in [0.1, 0.15) is 6.61 Å². The monoisotopic (exact) mass is 280 g/mol. The highest BCUT2D eigenvalue weighted by molar-refractivity contribution is 7.99. The molecule has 2 N–H and O–H groups in total. The summed E-state index contributed by atoms with van der Waals surface area (Å²) in [6.45, 7) is 1.54. The number of aliphatic hydroxyl groups is 1. The molecule has 0 fully saturated rings. The molecule has 2 aromatic heterocycles. The number of carbonyl (C=O) groups is 1. The lowest BCUT2D eigenvalue weighted by Crippen LogP contribution is -2.07. The van der Waals surface area contributed by atoms with Crippen LogP contribution in [0.15, 0.2) is 23.5 Å². The second kappa shape index (κ2) is 5.81. The lowest BCUT2D eigenvalue weighted by atomic mass is 10.3. The topological polar surface area (TPSA) is 101 Å². The van der Waals surface area contributed by atoms with E-state index in [1.54, 1.807) is 16.8 Å². The predicted molar refractivity (Wildman–Crippen MR) is 68.2 cm³/mol. The molecule has 0 saturated heterocycles. The second-order valence-corrected chi connectivity index (χ2v) is 4.63. The summed E-state index contributed by atoms with van der Waals surface area (Å²) in [7, 11) is 0. The molecule has 0 aromatic carbocycles. The van der Waals surface area contributed by atoms with Crippen LogP contribution in [0.1, 0.15) is 11.5 Å². The van der Waals surface area contributed by atoms with Gasteiger partial charge in [0.2, 0.25) is 0 Å². The Bertz CT molecular complexity index is 599. The molecule has 7 nitrogen and oxygen atoms in total. The minimum absolute atomic E-state index is 0.122. The van der Waals surface area contributed by atoms with Crippen LogP contribution in [0.5, 0.6) is 0 Å². The van der Waals surface area contributed by atoms with Gasteiger partial charge in [0.05, 0.1) is 17.1 Å². The number of nitrogens with zero attached hydrogens (tertiary/aromatic N) is 4. The van der Waals surface area contributed by atoms with Crippen LogP contribution in [0.4, 0.5) is 0 Å². The van der Waals surface area contributed by atoms with Crippen LogP contribution in [0.3, 0.4) is 0 Å². The normalized spacial score (nSPS) is 10.6. The van der Waals surface area contributed by atoms with E-state index in [1.165, 1.54) is 0 Å². The molecule has 2 aromatic rings. The molecular weight excluding hydrogens is 268 g/mol. The number of aryl methyl sites for hydroxylation is 1. The minimum Gasteiger partial charge on any atom is -0.481 e. The van der Waals surface area contributed by atoms with Crippen molar-refractivity contribution in [2.45, 2.75) is 18.7 Å². The van der Waals surface area contributed by atoms with E-state index in [9.17, 15) is 9.90 Å². The summed E-state index contributed by atoms with van der Waals surface area (Å²) in [5.41, 5.74) is 1.47. The Balaban J connectivity index is 2.45. The number of thioether (sulfide) groups is 1. The van der Waals surface area contributed by atoms with Crippen molar-refractivity contribution in [3.8, 4) is 5.69 Å². The van der Waals surface area contributed by atoms with Gasteiger partial charge in [-0.1, -0.05) is 11.8 Å². The molecule has 0 radical (unpaired) electrons. The molecule has 19 heavy (non-hydrogen) atoms. The van der Waals surface area contributed by atoms with Crippen LogP contribution in [0.25, 0.3) is 5.69 Å². The Hall–Kier alpha value is -1.93. The number of carboxylic acid groups (broad SMARTS) is 1. The largest absolute Gasteiger partial charge is 0.481 e. The maximum Gasteiger partial charge on any atom is 0.313 e. The number of pyridine rings is 1. The molecule has 0 aliphatic rings. The Morgan fingerprint density at radius 3 is 2.89 bits per heavy atom. The second-order valence-electron chi connectivity index (χ2n) is 3.68. The Morgan fingerprint density at radius 1 is 1.47 bits per heavy atom. The van der Waals surface area contributed by atoms with Gasteiger partial charge >= 0.3 is 5.97 Å². The standard InChI is InChI=1S/C11H12N4O3S/c1-7-8(3-2-4-12-7)15-9(5-16)13-14-11(15)19-6-10(17)18/h2-4,16H,5-6H2,1H3,(H,17,18). The smallest absolute Gasteiger partial charge is 0.313 e. The van der Waals surface area contributed by atoms with Crippen LogP contribution >= 0.6 is 11.8 Å². The molecule has 100 valence electrons.